The van der Waals surface area contributed by atoms with Crippen LogP contribution in [0, 0.1) is 12.8 Å². The first-order valence-corrected chi connectivity index (χ1v) is 13.4. The molecule has 0 aliphatic heterocycles. The standard InChI is InChI=1S/C28H36N4O4S/c1-5-6-7-25(36-23-14-10-21(11-15-23)27(29)32-34)35-22-12-8-20(9-13-22)26-24(37-19(4)31-26)16-17-30-28(33)18(2)3/h8-15,18,25,34H,5-7,16-17H2,1-4H3,(H2,29,32)(H,30,33). The van der Waals surface area contributed by atoms with Gasteiger partial charge in [-0.2, -0.15) is 0 Å². The number of ether oxygens (including phenoxy) is 2. The Balaban J connectivity index is 1.68. The van der Waals surface area contributed by atoms with Crippen molar-refractivity contribution in [2.24, 2.45) is 16.8 Å². The molecule has 9 heteroatoms. The summed E-state index contributed by atoms with van der Waals surface area (Å²) in [5.41, 5.74) is 8.19. The van der Waals surface area contributed by atoms with Crippen LogP contribution in [0.5, 0.6) is 11.5 Å². The van der Waals surface area contributed by atoms with Gasteiger partial charge in [0, 0.05) is 41.3 Å². The Morgan fingerprint density at radius 2 is 1.73 bits per heavy atom. The van der Waals surface area contributed by atoms with Crippen molar-refractivity contribution in [2.75, 3.05) is 6.54 Å². The summed E-state index contributed by atoms with van der Waals surface area (Å²) in [6.07, 6.45) is 2.99. The molecule has 1 atom stereocenters. The first kappa shape index (κ1) is 28.0. The monoisotopic (exact) mass is 524 g/mol. The maximum Gasteiger partial charge on any atom is 0.241 e. The molecule has 1 unspecified atom stereocenters. The third-order valence-corrected chi connectivity index (χ3v) is 6.72. The van der Waals surface area contributed by atoms with Gasteiger partial charge in [-0.25, -0.2) is 4.98 Å². The summed E-state index contributed by atoms with van der Waals surface area (Å²) in [4.78, 5) is 17.8. The molecule has 198 valence electrons. The maximum absolute atomic E-state index is 11.9. The largest absolute Gasteiger partial charge is 0.455 e. The smallest absolute Gasteiger partial charge is 0.241 e. The van der Waals surface area contributed by atoms with Gasteiger partial charge in [-0.1, -0.05) is 32.3 Å². The van der Waals surface area contributed by atoms with E-state index < -0.39 is 6.29 Å². The molecule has 0 radical (unpaired) electrons. The van der Waals surface area contributed by atoms with Crippen molar-refractivity contribution in [3.63, 3.8) is 0 Å². The Hall–Kier alpha value is -3.59. The predicted octanol–water partition coefficient (Wildman–Crippen LogP) is 5.50. The van der Waals surface area contributed by atoms with Crippen LogP contribution in [0.4, 0.5) is 0 Å². The Morgan fingerprint density at radius 1 is 1.11 bits per heavy atom. The summed E-state index contributed by atoms with van der Waals surface area (Å²) in [5, 5.41) is 15.8. The number of carbonyl (C=O) groups excluding carboxylic acids is 1. The van der Waals surface area contributed by atoms with E-state index in [1.54, 1.807) is 35.6 Å². The number of amidine groups is 1. The second-order valence-corrected chi connectivity index (χ2v) is 10.3. The second-order valence-electron chi connectivity index (χ2n) is 9.04. The Bertz CT molecular complexity index is 1170. The summed E-state index contributed by atoms with van der Waals surface area (Å²) in [5.74, 6) is 1.42. The number of aryl methyl sites for hydroxylation is 1. The van der Waals surface area contributed by atoms with Crippen molar-refractivity contribution in [2.45, 2.75) is 59.7 Å². The number of nitrogens with zero attached hydrogens (tertiary/aromatic N) is 2. The number of aromatic nitrogens is 1. The molecule has 0 saturated carbocycles. The molecule has 2 aromatic carbocycles. The van der Waals surface area contributed by atoms with Gasteiger partial charge in [0.15, 0.2) is 5.84 Å². The minimum Gasteiger partial charge on any atom is -0.455 e. The Labute approximate surface area is 222 Å². The van der Waals surface area contributed by atoms with E-state index in [0.29, 0.717) is 23.6 Å². The summed E-state index contributed by atoms with van der Waals surface area (Å²) < 4.78 is 12.3. The van der Waals surface area contributed by atoms with Gasteiger partial charge in [-0.15, -0.1) is 11.3 Å². The van der Waals surface area contributed by atoms with E-state index in [4.69, 9.17) is 25.4 Å². The van der Waals surface area contributed by atoms with Crippen molar-refractivity contribution in [3.05, 3.63) is 64.0 Å². The average Bonchev–Trinajstić information content (AvgIpc) is 3.27. The molecule has 0 aliphatic carbocycles. The fraction of sp³-hybridized carbons (Fsp3) is 0.393. The number of benzene rings is 2. The zero-order chi connectivity index (χ0) is 26.8. The van der Waals surface area contributed by atoms with E-state index in [9.17, 15) is 4.79 Å². The average molecular weight is 525 g/mol. The Morgan fingerprint density at radius 3 is 2.30 bits per heavy atom. The number of carbonyl (C=O) groups is 1. The molecule has 0 aliphatic rings. The van der Waals surface area contributed by atoms with Crippen LogP contribution in [-0.2, 0) is 11.2 Å². The normalized spacial score (nSPS) is 12.4. The summed E-state index contributed by atoms with van der Waals surface area (Å²) >= 11 is 1.66. The predicted molar refractivity (Wildman–Crippen MR) is 147 cm³/mol. The molecule has 1 heterocycles. The minimum atomic E-state index is -0.456. The first-order valence-electron chi connectivity index (χ1n) is 12.6. The Kier molecular flexibility index (Phi) is 10.3. The minimum absolute atomic E-state index is 0.0285. The number of hydrogen-bond donors (Lipinski definition) is 3. The van der Waals surface area contributed by atoms with Crippen LogP contribution in [0.15, 0.2) is 53.7 Å². The number of oxime groups is 1. The number of hydrogen-bond acceptors (Lipinski definition) is 7. The third kappa shape index (κ3) is 8.21. The van der Waals surface area contributed by atoms with Gasteiger partial charge in [-0.3, -0.25) is 4.79 Å². The highest BCUT2D eigenvalue weighted by Gasteiger charge is 2.15. The highest BCUT2D eigenvalue weighted by atomic mass is 32.1. The molecule has 3 rings (SSSR count). The van der Waals surface area contributed by atoms with Crippen molar-refractivity contribution in [1.82, 2.24) is 10.3 Å². The van der Waals surface area contributed by atoms with Gasteiger partial charge in [0.1, 0.15) is 11.5 Å². The quantitative estimate of drug-likeness (QED) is 0.0893. The van der Waals surface area contributed by atoms with Crippen LogP contribution >= 0.6 is 11.3 Å². The number of unbranched alkanes of at least 4 members (excludes halogenated alkanes) is 1. The van der Waals surface area contributed by atoms with Gasteiger partial charge < -0.3 is 25.7 Å². The van der Waals surface area contributed by atoms with E-state index in [1.807, 2.05) is 45.0 Å². The molecule has 1 amide bonds. The topological polar surface area (TPSA) is 119 Å². The van der Waals surface area contributed by atoms with E-state index in [1.165, 1.54) is 0 Å². The highest BCUT2D eigenvalue weighted by Crippen LogP contribution is 2.30. The highest BCUT2D eigenvalue weighted by molar-refractivity contribution is 7.12. The first-order chi connectivity index (χ1) is 17.8. The second kappa shape index (κ2) is 13.6. The number of rotatable bonds is 13. The van der Waals surface area contributed by atoms with Crippen molar-refractivity contribution < 1.29 is 19.5 Å². The number of amides is 1. The van der Waals surface area contributed by atoms with Crippen LogP contribution < -0.4 is 20.5 Å². The van der Waals surface area contributed by atoms with Crippen LogP contribution in [0.2, 0.25) is 0 Å². The summed E-state index contributed by atoms with van der Waals surface area (Å²) in [7, 11) is 0. The van der Waals surface area contributed by atoms with E-state index in [0.717, 1.165) is 46.8 Å². The van der Waals surface area contributed by atoms with Crippen LogP contribution in [0.25, 0.3) is 11.3 Å². The number of thiazole rings is 1. The molecular weight excluding hydrogens is 488 g/mol. The molecule has 1 aromatic heterocycles. The van der Waals surface area contributed by atoms with Gasteiger partial charge in [0.2, 0.25) is 12.2 Å². The van der Waals surface area contributed by atoms with Crippen LogP contribution in [-0.4, -0.2) is 34.8 Å². The molecule has 0 spiro atoms. The van der Waals surface area contributed by atoms with Gasteiger partial charge in [0.05, 0.1) is 10.7 Å². The molecular formula is C28H36N4O4S. The molecule has 0 bridgehead atoms. The number of nitrogens with two attached hydrogens (primary N) is 1. The molecule has 8 nitrogen and oxygen atoms in total. The lowest BCUT2D eigenvalue weighted by molar-refractivity contribution is -0.123. The van der Waals surface area contributed by atoms with Crippen molar-refractivity contribution >= 4 is 23.1 Å². The van der Waals surface area contributed by atoms with Gasteiger partial charge in [0.25, 0.3) is 0 Å². The third-order valence-electron chi connectivity index (χ3n) is 5.69. The molecule has 37 heavy (non-hydrogen) atoms. The molecule has 0 saturated heterocycles. The van der Waals surface area contributed by atoms with Crippen molar-refractivity contribution in [1.29, 1.82) is 0 Å². The van der Waals surface area contributed by atoms with Crippen molar-refractivity contribution in [3.8, 4) is 22.8 Å². The maximum atomic E-state index is 11.9. The fourth-order valence-electron chi connectivity index (χ4n) is 3.64. The summed E-state index contributed by atoms with van der Waals surface area (Å²) in [6.45, 7) is 8.48. The van der Waals surface area contributed by atoms with E-state index >= 15 is 0 Å². The number of nitrogens with one attached hydrogen (secondary N) is 1. The van der Waals surface area contributed by atoms with Crippen LogP contribution in [0.3, 0.4) is 0 Å². The zero-order valence-corrected chi connectivity index (χ0v) is 22.7. The van der Waals surface area contributed by atoms with Gasteiger partial charge in [-0.05, 0) is 61.9 Å². The zero-order valence-electron chi connectivity index (χ0n) is 21.9. The summed E-state index contributed by atoms with van der Waals surface area (Å²) in [6, 6.07) is 14.9. The van der Waals surface area contributed by atoms with Crippen LogP contribution in [0.1, 0.15) is 55.5 Å². The SMILES string of the molecule is CCCCC(Oc1ccc(C(N)=NO)cc1)Oc1ccc(-c2nc(C)sc2CCNC(=O)C(C)C)cc1. The van der Waals surface area contributed by atoms with E-state index in [2.05, 4.69) is 17.4 Å². The fourth-order valence-corrected chi connectivity index (χ4v) is 4.60. The lowest BCUT2D eigenvalue weighted by Gasteiger charge is -2.21. The molecule has 3 aromatic rings. The lowest BCUT2D eigenvalue weighted by atomic mass is 10.1. The molecule has 4 N–H and O–H groups in total. The lowest BCUT2D eigenvalue weighted by Crippen LogP contribution is -2.29. The molecule has 0 fully saturated rings. The van der Waals surface area contributed by atoms with E-state index in [-0.39, 0.29) is 17.7 Å². The van der Waals surface area contributed by atoms with Gasteiger partial charge >= 0.3 is 0 Å².